The fraction of sp³-hybridized carbons (Fsp3) is 0.533. The van der Waals surface area contributed by atoms with Gasteiger partial charge in [0.1, 0.15) is 0 Å². The summed E-state index contributed by atoms with van der Waals surface area (Å²) in [6.45, 7) is 1.93. The minimum Gasteiger partial charge on any atom is -0.481 e. The van der Waals surface area contributed by atoms with Gasteiger partial charge in [-0.2, -0.15) is 44.3 Å². The van der Waals surface area contributed by atoms with Crippen LogP contribution >= 0.6 is 24.2 Å². The van der Waals surface area contributed by atoms with E-state index in [2.05, 4.69) is 15.4 Å². The summed E-state index contributed by atoms with van der Waals surface area (Å²) in [5, 5.41) is 20.8. The quantitative estimate of drug-likeness (QED) is 0.146. The normalized spacial score (nSPS) is 17.0. The van der Waals surface area contributed by atoms with Crippen molar-refractivity contribution in [1.29, 1.82) is 0 Å². The van der Waals surface area contributed by atoms with Crippen LogP contribution in [0, 0.1) is 11.8 Å². The third-order valence-electron chi connectivity index (χ3n) is 8.08. The standard InChI is InChI=1S/C30H33F9N6O2S.ClH/c1-3-44(15-19-6-4-18(5-7-19)12-26(46)47)25-9-8-24(48-30(37,38)39)13-21(25)17-45(27-40-42-43(2)41-27)16-20-10-22(28(31,32)33)14-23(11-20)29(34,35)36;/h8-11,13-14,18-19H,3-7,12,15-17H2,1-2H3,(H,46,47);1H. The number of rotatable bonds is 12. The minimum atomic E-state index is -5.09. The van der Waals surface area contributed by atoms with E-state index in [0.717, 1.165) is 17.6 Å². The summed E-state index contributed by atoms with van der Waals surface area (Å²) >= 11 is -0.359. The van der Waals surface area contributed by atoms with Crippen LogP contribution < -0.4 is 9.80 Å². The van der Waals surface area contributed by atoms with Crippen molar-refractivity contribution < 1.29 is 49.4 Å². The third-order valence-corrected chi connectivity index (χ3v) is 8.80. The summed E-state index contributed by atoms with van der Waals surface area (Å²) in [4.78, 5) is 15.2. The molecule has 0 bridgehead atoms. The Labute approximate surface area is 286 Å². The second-order valence-corrected chi connectivity index (χ2v) is 12.8. The SMILES string of the molecule is CCN(CC1CCC(CC(=O)O)CC1)c1ccc(SC(F)(F)F)cc1CN(Cc1cc(C(F)(F)F)cc(C(F)(F)F)c1)c1nnn(C)n1.Cl. The third kappa shape index (κ3) is 11.6. The second-order valence-electron chi connectivity index (χ2n) is 11.7. The lowest BCUT2D eigenvalue weighted by Gasteiger charge is -2.34. The van der Waals surface area contributed by atoms with Gasteiger partial charge in [-0.05, 0) is 109 Å². The lowest BCUT2D eigenvalue weighted by Crippen LogP contribution is -2.33. The lowest BCUT2D eigenvalue weighted by atomic mass is 9.80. The molecule has 0 unspecified atom stereocenters. The van der Waals surface area contributed by atoms with Crippen LogP contribution in [-0.2, 0) is 37.3 Å². The first-order valence-corrected chi connectivity index (χ1v) is 15.7. The van der Waals surface area contributed by atoms with Crippen molar-refractivity contribution >= 4 is 41.8 Å². The van der Waals surface area contributed by atoms with Crippen molar-refractivity contribution in [2.45, 2.75) is 74.9 Å². The number of aryl methyl sites for hydroxylation is 1. The number of thioether (sulfide) groups is 1. The maximum absolute atomic E-state index is 13.6. The molecule has 2 aromatic carbocycles. The highest BCUT2D eigenvalue weighted by Gasteiger charge is 2.37. The van der Waals surface area contributed by atoms with Gasteiger partial charge in [-0.3, -0.25) is 4.79 Å². The molecule has 0 spiro atoms. The predicted molar refractivity (Wildman–Crippen MR) is 166 cm³/mol. The van der Waals surface area contributed by atoms with Gasteiger partial charge in [0.2, 0.25) is 0 Å². The molecule has 1 fully saturated rings. The molecule has 0 atom stereocenters. The molecule has 3 aromatic rings. The average molecular weight is 749 g/mol. The number of hydrogen-bond donors (Lipinski definition) is 1. The first-order chi connectivity index (χ1) is 22.3. The summed E-state index contributed by atoms with van der Waals surface area (Å²) in [6, 6.07) is 5.27. The molecule has 272 valence electrons. The molecular formula is C30H34ClF9N6O2S. The average Bonchev–Trinajstić information content (AvgIpc) is 3.41. The van der Waals surface area contributed by atoms with Crippen LogP contribution in [0.15, 0.2) is 41.3 Å². The Bertz CT molecular complexity index is 1530. The highest BCUT2D eigenvalue weighted by molar-refractivity contribution is 8.00. The van der Waals surface area contributed by atoms with Crippen LogP contribution in [0.3, 0.4) is 0 Å². The lowest BCUT2D eigenvalue weighted by molar-refractivity contribution is -0.143. The van der Waals surface area contributed by atoms with Crippen molar-refractivity contribution in [2.24, 2.45) is 18.9 Å². The topological polar surface area (TPSA) is 87.4 Å². The zero-order valence-electron chi connectivity index (χ0n) is 26.2. The summed E-state index contributed by atoms with van der Waals surface area (Å²) in [5.41, 5.74) is -7.21. The predicted octanol–water partition coefficient (Wildman–Crippen LogP) is 8.60. The van der Waals surface area contributed by atoms with Gasteiger partial charge in [0.25, 0.3) is 5.95 Å². The number of hydrogen-bond acceptors (Lipinski definition) is 7. The molecule has 4 rings (SSSR count). The van der Waals surface area contributed by atoms with Crippen molar-refractivity contribution in [3.05, 3.63) is 58.7 Å². The smallest absolute Gasteiger partial charge is 0.446 e. The van der Waals surface area contributed by atoms with Gasteiger partial charge >= 0.3 is 23.8 Å². The Hall–Kier alpha value is -3.41. The monoisotopic (exact) mass is 748 g/mol. The zero-order valence-corrected chi connectivity index (χ0v) is 27.9. The first-order valence-electron chi connectivity index (χ1n) is 14.9. The second kappa shape index (κ2) is 16.1. The van der Waals surface area contributed by atoms with Crippen molar-refractivity contribution in [1.82, 2.24) is 20.2 Å². The van der Waals surface area contributed by atoms with E-state index >= 15 is 0 Å². The molecule has 1 heterocycles. The molecule has 0 amide bonds. The number of tetrazole rings is 1. The minimum absolute atomic E-state index is 0. The zero-order chi connectivity index (χ0) is 35.4. The van der Waals surface area contributed by atoms with Gasteiger partial charge in [0, 0.05) is 43.2 Å². The van der Waals surface area contributed by atoms with E-state index in [1.807, 2.05) is 11.8 Å². The summed E-state index contributed by atoms with van der Waals surface area (Å²) in [7, 11) is 1.40. The molecule has 1 aliphatic carbocycles. The Balaban J connectivity index is 0.00000650. The van der Waals surface area contributed by atoms with Crippen LogP contribution in [0.4, 0.5) is 51.1 Å². The van der Waals surface area contributed by atoms with E-state index in [1.165, 1.54) is 30.1 Å². The Morgan fingerprint density at radius 3 is 1.98 bits per heavy atom. The number of carboxylic acid groups (broad SMARTS) is 1. The number of nitrogens with zero attached hydrogens (tertiary/aromatic N) is 6. The highest BCUT2D eigenvalue weighted by Crippen LogP contribution is 2.41. The van der Waals surface area contributed by atoms with E-state index in [0.29, 0.717) is 49.3 Å². The van der Waals surface area contributed by atoms with Gasteiger partial charge in [0.15, 0.2) is 0 Å². The largest absolute Gasteiger partial charge is 0.481 e. The molecule has 8 nitrogen and oxygen atoms in total. The number of halogens is 10. The number of anilines is 2. The molecular weight excluding hydrogens is 715 g/mol. The van der Waals surface area contributed by atoms with E-state index in [-0.39, 0.29) is 71.4 Å². The molecule has 1 aliphatic rings. The molecule has 0 aliphatic heterocycles. The van der Waals surface area contributed by atoms with E-state index in [1.54, 1.807) is 0 Å². The van der Waals surface area contributed by atoms with Crippen LogP contribution in [0.5, 0.6) is 0 Å². The van der Waals surface area contributed by atoms with Crippen molar-refractivity contribution in [3.63, 3.8) is 0 Å². The molecule has 1 N–H and O–H groups in total. The first kappa shape index (κ1) is 40.0. The van der Waals surface area contributed by atoms with Crippen LogP contribution in [0.2, 0.25) is 0 Å². The number of aliphatic carboxylic acids is 1. The maximum atomic E-state index is 13.6. The molecule has 19 heteroatoms. The number of carbonyl (C=O) groups is 1. The fourth-order valence-electron chi connectivity index (χ4n) is 5.90. The van der Waals surface area contributed by atoms with Gasteiger partial charge < -0.3 is 14.9 Å². The van der Waals surface area contributed by atoms with Crippen molar-refractivity contribution in [2.75, 3.05) is 22.9 Å². The summed E-state index contributed by atoms with van der Waals surface area (Å²) in [5.74, 6) is -0.805. The number of aromatic nitrogens is 4. The van der Waals surface area contributed by atoms with E-state index < -0.39 is 41.5 Å². The van der Waals surface area contributed by atoms with Gasteiger partial charge in [-0.25, -0.2) is 0 Å². The Morgan fingerprint density at radius 1 is 0.898 bits per heavy atom. The summed E-state index contributed by atoms with van der Waals surface area (Å²) in [6.07, 6.45) is -7.17. The van der Waals surface area contributed by atoms with Crippen LogP contribution in [0.25, 0.3) is 0 Å². The maximum Gasteiger partial charge on any atom is 0.446 e. The fourth-order valence-corrected chi connectivity index (χ4v) is 6.51. The molecule has 0 radical (unpaired) electrons. The Morgan fingerprint density at radius 2 is 1.49 bits per heavy atom. The number of benzene rings is 2. The number of carboxylic acids is 1. The summed E-state index contributed by atoms with van der Waals surface area (Å²) < 4.78 is 122. The van der Waals surface area contributed by atoms with Crippen LogP contribution in [0.1, 0.15) is 61.3 Å². The van der Waals surface area contributed by atoms with E-state index in [4.69, 9.17) is 5.11 Å². The van der Waals surface area contributed by atoms with Crippen LogP contribution in [-0.4, -0.2) is 49.9 Å². The highest BCUT2D eigenvalue weighted by atomic mass is 35.5. The van der Waals surface area contributed by atoms with E-state index in [9.17, 15) is 44.3 Å². The molecule has 49 heavy (non-hydrogen) atoms. The van der Waals surface area contributed by atoms with Gasteiger partial charge in [-0.15, -0.1) is 17.5 Å². The Kier molecular flexibility index (Phi) is 13.1. The number of alkyl halides is 9. The van der Waals surface area contributed by atoms with Gasteiger partial charge in [-0.1, -0.05) is 5.10 Å². The molecule has 1 aromatic heterocycles. The molecule has 1 saturated carbocycles. The molecule has 0 saturated heterocycles. The van der Waals surface area contributed by atoms with Gasteiger partial charge in [0.05, 0.1) is 18.2 Å². The van der Waals surface area contributed by atoms with Crippen molar-refractivity contribution in [3.8, 4) is 0 Å².